The van der Waals surface area contributed by atoms with E-state index in [9.17, 15) is 4.79 Å². The minimum Gasteiger partial charge on any atom is -0.355 e. The zero-order chi connectivity index (χ0) is 14.8. The van der Waals surface area contributed by atoms with Crippen LogP contribution in [0, 0.1) is 11.3 Å². The number of aromatic amines is 1. The largest absolute Gasteiger partial charge is 0.355 e. The molecule has 0 bridgehead atoms. The summed E-state index contributed by atoms with van der Waals surface area (Å²) in [7, 11) is 1.90. The van der Waals surface area contributed by atoms with Gasteiger partial charge in [0.15, 0.2) is 0 Å². The fourth-order valence-corrected chi connectivity index (χ4v) is 2.30. The van der Waals surface area contributed by atoms with Crippen LogP contribution in [0.5, 0.6) is 0 Å². The molecule has 1 heterocycles. The Bertz CT molecular complexity index is 755. The maximum atomic E-state index is 11.7. The Morgan fingerprint density at radius 3 is 2.95 bits per heavy atom. The van der Waals surface area contributed by atoms with Gasteiger partial charge in [-0.05, 0) is 30.5 Å². The van der Waals surface area contributed by atoms with Crippen LogP contribution in [-0.2, 0) is 6.54 Å². The molecule has 3 rings (SSSR count). The van der Waals surface area contributed by atoms with Crippen molar-refractivity contribution in [1.82, 2.24) is 9.97 Å². The normalized spacial score (nSPS) is 13.7. The summed E-state index contributed by atoms with van der Waals surface area (Å²) in [6, 6.07) is 11.1. The van der Waals surface area contributed by atoms with E-state index in [2.05, 4.69) is 16.0 Å². The Morgan fingerprint density at radius 2 is 2.24 bits per heavy atom. The van der Waals surface area contributed by atoms with Crippen molar-refractivity contribution in [2.75, 3.05) is 11.9 Å². The first-order valence-electron chi connectivity index (χ1n) is 6.97. The van der Waals surface area contributed by atoms with Gasteiger partial charge in [-0.25, -0.2) is 4.98 Å². The summed E-state index contributed by atoms with van der Waals surface area (Å²) in [6.45, 7) is 0.607. The average molecular weight is 280 g/mol. The molecule has 0 radical (unpaired) electrons. The Morgan fingerprint density at radius 1 is 1.43 bits per heavy atom. The monoisotopic (exact) mass is 280 g/mol. The van der Waals surface area contributed by atoms with E-state index in [0.717, 1.165) is 24.2 Å². The molecule has 2 aromatic rings. The predicted molar refractivity (Wildman–Crippen MR) is 80.1 cm³/mol. The Balaban J connectivity index is 1.83. The standard InChI is InChI=1S/C16H16N4O/c1-20(10-12-4-2-3-11(7-12)9-17)14-8-15(21)19-16(18-14)13-5-6-13/h2-4,7-8,13H,5-6,10H2,1H3,(H,18,19,21). The lowest BCUT2D eigenvalue weighted by molar-refractivity contribution is 0.844. The zero-order valence-corrected chi connectivity index (χ0v) is 11.8. The van der Waals surface area contributed by atoms with Crippen LogP contribution in [0.15, 0.2) is 35.1 Å². The van der Waals surface area contributed by atoms with Gasteiger partial charge in [-0.3, -0.25) is 4.79 Å². The Labute approximate surface area is 122 Å². The van der Waals surface area contributed by atoms with Crippen molar-refractivity contribution in [3.63, 3.8) is 0 Å². The summed E-state index contributed by atoms with van der Waals surface area (Å²) in [5.74, 6) is 1.87. The quantitative estimate of drug-likeness (QED) is 0.931. The van der Waals surface area contributed by atoms with Crippen molar-refractivity contribution >= 4 is 5.82 Å². The lowest BCUT2D eigenvalue weighted by Gasteiger charge is -2.18. The van der Waals surface area contributed by atoms with Crippen LogP contribution in [-0.4, -0.2) is 17.0 Å². The first-order chi connectivity index (χ1) is 10.2. The van der Waals surface area contributed by atoms with E-state index in [1.807, 2.05) is 30.1 Å². The van der Waals surface area contributed by atoms with E-state index in [0.29, 0.717) is 23.8 Å². The number of nitriles is 1. The molecule has 0 aliphatic heterocycles. The Kier molecular flexibility index (Phi) is 3.44. The van der Waals surface area contributed by atoms with Gasteiger partial charge in [-0.15, -0.1) is 0 Å². The predicted octanol–water partition coefficient (Wildman–Crippen LogP) is 2.16. The Hall–Kier alpha value is -2.61. The number of anilines is 1. The minimum atomic E-state index is -0.112. The van der Waals surface area contributed by atoms with Crippen LogP contribution in [0.25, 0.3) is 0 Å². The van der Waals surface area contributed by atoms with Crippen LogP contribution in [0.4, 0.5) is 5.82 Å². The lowest BCUT2D eigenvalue weighted by Crippen LogP contribution is -2.22. The molecule has 0 spiro atoms. The molecule has 21 heavy (non-hydrogen) atoms. The second-order valence-electron chi connectivity index (χ2n) is 5.43. The average Bonchev–Trinajstić information content (AvgIpc) is 3.31. The third-order valence-corrected chi connectivity index (χ3v) is 3.58. The topological polar surface area (TPSA) is 72.8 Å². The maximum Gasteiger partial charge on any atom is 0.252 e. The molecule has 1 aliphatic rings. The van der Waals surface area contributed by atoms with Crippen molar-refractivity contribution < 1.29 is 0 Å². The third kappa shape index (κ3) is 3.11. The van der Waals surface area contributed by atoms with Crippen molar-refractivity contribution in [1.29, 1.82) is 5.26 Å². The summed E-state index contributed by atoms with van der Waals surface area (Å²) in [5.41, 5.74) is 1.55. The van der Waals surface area contributed by atoms with Gasteiger partial charge in [0.05, 0.1) is 11.6 Å². The number of nitrogens with one attached hydrogen (secondary N) is 1. The van der Waals surface area contributed by atoms with Crippen LogP contribution in [0.3, 0.4) is 0 Å². The summed E-state index contributed by atoms with van der Waals surface area (Å²) in [4.78, 5) is 21.0. The van der Waals surface area contributed by atoms with Crippen LogP contribution >= 0.6 is 0 Å². The molecule has 1 aliphatic carbocycles. The smallest absolute Gasteiger partial charge is 0.252 e. The van der Waals surface area contributed by atoms with Crippen LogP contribution in [0.1, 0.15) is 35.7 Å². The number of aromatic nitrogens is 2. The first kappa shape index (κ1) is 13.4. The van der Waals surface area contributed by atoms with Gasteiger partial charge >= 0.3 is 0 Å². The number of nitrogens with zero attached hydrogens (tertiary/aromatic N) is 3. The third-order valence-electron chi connectivity index (χ3n) is 3.58. The molecule has 1 aromatic carbocycles. The summed E-state index contributed by atoms with van der Waals surface area (Å²) >= 11 is 0. The molecule has 5 nitrogen and oxygen atoms in total. The molecular weight excluding hydrogens is 264 g/mol. The second kappa shape index (κ2) is 5.41. The van der Waals surface area contributed by atoms with E-state index in [1.54, 1.807) is 6.07 Å². The summed E-state index contributed by atoms with van der Waals surface area (Å²) in [6.07, 6.45) is 2.20. The number of H-pyrrole nitrogens is 1. The van der Waals surface area contributed by atoms with Gasteiger partial charge in [0, 0.05) is 25.6 Å². The van der Waals surface area contributed by atoms with E-state index in [4.69, 9.17) is 5.26 Å². The van der Waals surface area contributed by atoms with E-state index >= 15 is 0 Å². The van der Waals surface area contributed by atoms with E-state index < -0.39 is 0 Å². The molecule has 0 saturated heterocycles. The van der Waals surface area contributed by atoms with Crippen molar-refractivity contribution in [3.05, 3.63) is 57.6 Å². The number of rotatable bonds is 4. The molecule has 1 aromatic heterocycles. The highest BCUT2D eigenvalue weighted by atomic mass is 16.1. The van der Waals surface area contributed by atoms with E-state index in [1.165, 1.54) is 6.07 Å². The molecule has 1 fully saturated rings. The highest BCUT2D eigenvalue weighted by Gasteiger charge is 2.26. The molecule has 0 amide bonds. The van der Waals surface area contributed by atoms with Crippen LogP contribution in [0.2, 0.25) is 0 Å². The van der Waals surface area contributed by atoms with Gasteiger partial charge in [-0.1, -0.05) is 12.1 Å². The number of hydrogen-bond acceptors (Lipinski definition) is 4. The fraction of sp³-hybridized carbons (Fsp3) is 0.312. The molecule has 106 valence electrons. The highest BCUT2D eigenvalue weighted by Crippen LogP contribution is 2.37. The van der Waals surface area contributed by atoms with Crippen molar-refractivity contribution in [3.8, 4) is 6.07 Å². The zero-order valence-electron chi connectivity index (χ0n) is 11.8. The van der Waals surface area contributed by atoms with Gasteiger partial charge in [-0.2, -0.15) is 5.26 Å². The minimum absolute atomic E-state index is 0.112. The maximum absolute atomic E-state index is 11.7. The molecule has 1 N–H and O–H groups in total. The van der Waals surface area contributed by atoms with Crippen molar-refractivity contribution in [2.45, 2.75) is 25.3 Å². The van der Waals surface area contributed by atoms with Gasteiger partial charge in [0.2, 0.25) is 0 Å². The fourth-order valence-electron chi connectivity index (χ4n) is 2.30. The summed E-state index contributed by atoms with van der Waals surface area (Å²) < 4.78 is 0. The lowest BCUT2D eigenvalue weighted by atomic mass is 10.1. The van der Waals surface area contributed by atoms with Crippen molar-refractivity contribution in [2.24, 2.45) is 0 Å². The summed E-state index contributed by atoms with van der Waals surface area (Å²) in [5, 5.41) is 8.93. The second-order valence-corrected chi connectivity index (χ2v) is 5.43. The van der Waals surface area contributed by atoms with Gasteiger partial charge < -0.3 is 9.88 Å². The molecule has 0 atom stereocenters. The van der Waals surface area contributed by atoms with Crippen LogP contribution < -0.4 is 10.5 Å². The molecule has 5 heteroatoms. The van der Waals surface area contributed by atoms with E-state index in [-0.39, 0.29) is 5.56 Å². The number of hydrogen-bond donors (Lipinski definition) is 1. The SMILES string of the molecule is CN(Cc1cccc(C#N)c1)c1cc(=O)[nH]c(C2CC2)n1. The highest BCUT2D eigenvalue weighted by molar-refractivity contribution is 5.40. The first-order valence-corrected chi connectivity index (χ1v) is 6.97. The molecule has 1 saturated carbocycles. The number of benzene rings is 1. The molecule has 0 unspecified atom stereocenters. The van der Waals surface area contributed by atoms with Gasteiger partial charge in [0.25, 0.3) is 5.56 Å². The van der Waals surface area contributed by atoms with Gasteiger partial charge in [0.1, 0.15) is 11.6 Å². The molecular formula is C16H16N4O.